The van der Waals surface area contributed by atoms with Crippen molar-refractivity contribution in [1.29, 1.82) is 0 Å². The van der Waals surface area contributed by atoms with Crippen LogP contribution in [0.4, 0.5) is 0 Å². The van der Waals surface area contributed by atoms with E-state index in [2.05, 4.69) is 6.58 Å². The van der Waals surface area contributed by atoms with Crippen LogP contribution in [0.3, 0.4) is 0 Å². The van der Waals surface area contributed by atoms with Gasteiger partial charge in [-0.3, -0.25) is 0 Å². The van der Waals surface area contributed by atoms with Gasteiger partial charge in [-0.2, -0.15) is 0 Å². The van der Waals surface area contributed by atoms with Gasteiger partial charge in [0.15, 0.2) is 0 Å². The van der Waals surface area contributed by atoms with Gasteiger partial charge in [-0.1, -0.05) is 24.3 Å². The third kappa shape index (κ3) is 7.02. The quantitative estimate of drug-likeness (QED) is 0.558. The molecule has 0 aliphatic carbocycles. The molecule has 0 bridgehead atoms. The lowest BCUT2D eigenvalue weighted by Gasteiger charge is -1.83. The molecule has 0 amide bonds. The van der Waals surface area contributed by atoms with Gasteiger partial charge in [-0.25, -0.2) is 0 Å². The largest absolute Gasteiger partial charge is 0.399 e. The summed E-state index contributed by atoms with van der Waals surface area (Å²) in [5.41, 5.74) is 7.12. The van der Waals surface area contributed by atoms with Crippen LogP contribution in [0.5, 0.6) is 0 Å². The molecule has 0 rings (SSSR count). The van der Waals surface area contributed by atoms with Crippen molar-refractivity contribution in [2.24, 2.45) is 5.73 Å². The lowest BCUT2D eigenvalue weighted by molar-refractivity contribution is 1.39. The average molecular weight is 123 g/mol. The van der Waals surface area contributed by atoms with E-state index in [0.717, 1.165) is 0 Å². The van der Waals surface area contributed by atoms with Gasteiger partial charge in [0.05, 0.1) is 0 Å². The molecule has 0 aromatic carbocycles. The van der Waals surface area contributed by atoms with Crippen molar-refractivity contribution in [2.75, 3.05) is 0 Å². The molecular formula is C8H13N. The van der Waals surface area contributed by atoms with Crippen LogP contribution in [0, 0.1) is 0 Å². The Kier molecular flexibility index (Phi) is 3.52. The molecule has 0 saturated carbocycles. The first-order valence-electron chi connectivity index (χ1n) is 2.89. The second-order valence-electron chi connectivity index (χ2n) is 2.18. The third-order valence-electron chi connectivity index (χ3n) is 0.740. The zero-order valence-electron chi connectivity index (χ0n) is 6.02. The summed E-state index contributed by atoms with van der Waals surface area (Å²) in [6.07, 6.45) is 5.64. The maximum Gasteiger partial charge on any atom is 0.0240 e. The topological polar surface area (TPSA) is 26.0 Å². The molecule has 0 radical (unpaired) electrons. The van der Waals surface area contributed by atoms with Gasteiger partial charge < -0.3 is 5.73 Å². The van der Waals surface area contributed by atoms with E-state index in [1.165, 1.54) is 5.57 Å². The van der Waals surface area contributed by atoms with E-state index < -0.39 is 0 Å². The predicted molar refractivity (Wildman–Crippen MR) is 41.9 cm³/mol. The highest BCUT2D eigenvalue weighted by Gasteiger charge is 1.71. The van der Waals surface area contributed by atoms with Gasteiger partial charge in [0, 0.05) is 5.70 Å². The van der Waals surface area contributed by atoms with Crippen LogP contribution in [0.2, 0.25) is 0 Å². The van der Waals surface area contributed by atoms with Crippen molar-refractivity contribution >= 4 is 0 Å². The number of nitrogens with two attached hydrogens (primary N) is 1. The molecule has 0 atom stereocenters. The van der Waals surface area contributed by atoms with E-state index in [4.69, 9.17) is 5.73 Å². The van der Waals surface area contributed by atoms with Crippen molar-refractivity contribution in [3.63, 3.8) is 0 Å². The minimum absolute atomic E-state index is 0.590. The first kappa shape index (κ1) is 8.02. The van der Waals surface area contributed by atoms with Crippen LogP contribution >= 0.6 is 0 Å². The van der Waals surface area contributed by atoms with Gasteiger partial charge in [0.25, 0.3) is 0 Å². The second-order valence-corrected chi connectivity index (χ2v) is 2.18. The highest BCUT2D eigenvalue weighted by atomic mass is 14.5. The van der Waals surface area contributed by atoms with Crippen LogP contribution < -0.4 is 5.73 Å². The van der Waals surface area contributed by atoms with Gasteiger partial charge >= 0.3 is 0 Å². The Morgan fingerprint density at radius 3 is 2.33 bits per heavy atom. The molecule has 0 unspecified atom stereocenters. The molecule has 1 nitrogen and oxygen atoms in total. The standard InChI is InChI=1S/C8H13N/c1-7(2)5-4-6-8(3)9/h4-6H,3,9H2,1-2H3/b6-4-. The molecule has 1 heteroatoms. The fraction of sp³-hybridized carbons (Fsp3) is 0.250. The summed E-state index contributed by atoms with van der Waals surface area (Å²) < 4.78 is 0. The zero-order valence-corrected chi connectivity index (χ0v) is 6.02. The van der Waals surface area contributed by atoms with Crippen molar-refractivity contribution < 1.29 is 0 Å². The number of hydrogen-bond donors (Lipinski definition) is 1. The number of allylic oxidation sites excluding steroid dienone is 4. The van der Waals surface area contributed by atoms with E-state index in [0.29, 0.717) is 5.70 Å². The monoisotopic (exact) mass is 123 g/mol. The SMILES string of the molecule is C=C(N)/C=C\C=C(C)C. The van der Waals surface area contributed by atoms with Crippen molar-refractivity contribution in [1.82, 2.24) is 0 Å². The summed E-state index contributed by atoms with van der Waals surface area (Å²) in [7, 11) is 0. The van der Waals surface area contributed by atoms with Crippen LogP contribution in [0.1, 0.15) is 13.8 Å². The fourth-order valence-corrected chi connectivity index (χ4v) is 0.364. The van der Waals surface area contributed by atoms with E-state index in [1.807, 2.05) is 26.0 Å². The summed E-state index contributed by atoms with van der Waals surface area (Å²) in [5, 5.41) is 0. The summed E-state index contributed by atoms with van der Waals surface area (Å²) in [5.74, 6) is 0. The minimum Gasteiger partial charge on any atom is -0.399 e. The maximum atomic E-state index is 5.27. The summed E-state index contributed by atoms with van der Waals surface area (Å²) in [6.45, 7) is 7.58. The molecule has 0 aromatic rings. The first-order valence-corrected chi connectivity index (χ1v) is 2.89. The van der Waals surface area contributed by atoms with E-state index in [1.54, 1.807) is 6.08 Å². The third-order valence-corrected chi connectivity index (χ3v) is 0.740. The number of rotatable bonds is 2. The first-order chi connectivity index (χ1) is 4.13. The van der Waals surface area contributed by atoms with Crippen LogP contribution in [0.15, 0.2) is 36.1 Å². The predicted octanol–water partition coefficient (Wildman–Crippen LogP) is 1.98. The van der Waals surface area contributed by atoms with E-state index in [9.17, 15) is 0 Å². The lowest BCUT2D eigenvalue weighted by atomic mass is 10.3. The highest BCUT2D eigenvalue weighted by Crippen LogP contribution is 1.89. The molecule has 2 N–H and O–H groups in total. The molecule has 0 aromatic heterocycles. The molecule has 0 aliphatic rings. The Hall–Kier alpha value is -0.980. The summed E-state index contributed by atoms with van der Waals surface area (Å²) in [4.78, 5) is 0. The number of hydrogen-bond acceptors (Lipinski definition) is 1. The average Bonchev–Trinajstić information content (AvgIpc) is 1.63. The lowest BCUT2D eigenvalue weighted by Crippen LogP contribution is -1.87. The Balaban J connectivity index is 3.74. The smallest absolute Gasteiger partial charge is 0.0240 e. The Labute approximate surface area is 56.6 Å². The fourth-order valence-electron chi connectivity index (χ4n) is 0.364. The molecule has 0 aliphatic heterocycles. The molecule has 50 valence electrons. The molecule has 0 saturated heterocycles. The Morgan fingerprint density at radius 2 is 2.00 bits per heavy atom. The van der Waals surface area contributed by atoms with Gasteiger partial charge in [0.2, 0.25) is 0 Å². The molecule has 0 heterocycles. The van der Waals surface area contributed by atoms with E-state index >= 15 is 0 Å². The minimum atomic E-state index is 0.590. The van der Waals surface area contributed by atoms with Crippen molar-refractivity contribution in [2.45, 2.75) is 13.8 Å². The maximum absolute atomic E-state index is 5.27. The molecular weight excluding hydrogens is 110 g/mol. The summed E-state index contributed by atoms with van der Waals surface area (Å²) >= 11 is 0. The zero-order chi connectivity index (χ0) is 7.28. The van der Waals surface area contributed by atoms with Crippen molar-refractivity contribution in [3.05, 3.63) is 36.1 Å². The highest BCUT2D eigenvalue weighted by molar-refractivity contribution is 5.17. The van der Waals surface area contributed by atoms with Gasteiger partial charge in [-0.15, -0.1) is 0 Å². The van der Waals surface area contributed by atoms with Crippen molar-refractivity contribution in [3.8, 4) is 0 Å². The molecule has 0 spiro atoms. The van der Waals surface area contributed by atoms with Crippen LogP contribution in [0.25, 0.3) is 0 Å². The molecule has 9 heavy (non-hydrogen) atoms. The second kappa shape index (κ2) is 3.96. The van der Waals surface area contributed by atoms with Gasteiger partial charge in [-0.05, 0) is 19.9 Å². The van der Waals surface area contributed by atoms with E-state index in [-0.39, 0.29) is 0 Å². The van der Waals surface area contributed by atoms with Crippen LogP contribution in [-0.4, -0.2) is 0 Å². The Bertz CT molecular complexity index is 148. The molecule has 0 fully saturated rings. The van der Waals surface area contributed by atoms with Gasteiger partial charge in [0.1, 0.15) is 0 Å². The summed E-state index contributed by atoms with van der Waals surface area (Å²) in [6, 6.07) is 0. The normalized spacial score (nSPS) is 9.56. The Morgan fingerprint density at radius 1 is 1.44 bits per heavy atom. The van der Waals surface area contributed by atoms with Crippen LogP contribution in [-0.2, 0) is 0 Å².